The van der Waals surface area contributed by atoms with Gasteiger partial charge in [-0.25, -0.2) is 0 Å². The van der Waals surface area contributed by atoms with Crippen LogP contribution in [-0.4, -0.2) is 0 Å². The molecule has 2 aromatic rings. The molecule has 0 unspecified atom stereocenters. The van der Waals surface area contributed by atoms with Crippen LogP contribution in [0, 0.1) is 13.8 Å². The van der Waals surface area contributed by atoms with Gasteiger partial charge >= 0.3 is 6.18 Å². The maximum Gasteiger partial charge on any atom is 0.416 e. The Labute approximate surface area is 116 Å². The van der Waals surface area contributed by atoms with Crippen LogP contribution in [0.1, 0.15) is 22.3 Å². The molecule has 20 heavy (non-hydrogen) atoms. The average molecular weight is 279 g/mol. The molecule has 0 aliphatic heterocycles. The van der Waals surface area contributed by atoms with Crippen LogP contribution in [0.25, 0.3) is 0 Å². The van der Waals surface area contributed by atoms with Gasteiger partial charge in [-0.3, -0.25) is 0 Å². The molecule has 0 aliphatic carbocycles. The van der Waals surface area contributed by atoms with Gasteiger partial charge in [-0.1, -0.05) is 35.9 Å². The van der Waals surface area contributed by atoms with Crippen molar-refractivity contribution in [1.82, 2.24) is 0 Å². The molecule has 1 nitrogen and oxygen atoms in total. The highest BCUT2D eigenvalue weighted by molar-refractivity contribution is 5.49. The van der Waals surface area contributed by atoms with Crippen LogP contribution in [0.5, 0.6) is 0 Å². The van der Waals surface area contributed by atoms with E-state index in [0.717, 1.165) is 17.2 Å². The lowest BCUT2D eigenvalue weighted by Gasteiger charge is -2.13. The normalized spacial score (nSPS) is 11.4. The first-order valence-corrected chi connectivity index (χ1v) is 6.33. The maximum absolute atomic E-state index is 12.8. The molecule has 0 aliphatic rings. The minimum absolute atomic E-state index is 0.235. The highest BCUT2D eigenvalue weighted by atomic mass is 19.4. The lowest BCUT2D eigenvalue weighted by molar-refractivity contribution is -0.138. The second-order valence-electron chi connectivity index (χ2n) is 4.87. The van der Waals surface area contributed by atoms with Crippen molar-refractivity contribution < 1.29 is 13.2 Å². The van der Waals surface area contributed by atoms with E-state index in [1.165, 1.54) is 13.0 Å². The lowest BCUT2D eigenvalue weighted by atomic mass is 10.1. The number of benzene rings is 2. The van der Waals surface area contributed by atoms with Crippen molar-refractivity contribution in [3.8, 4) is 0 Å². The summed E-state index contributed by atoms with van der Waals surface area (Å²) in [6.45, 7) is 3.96. The molecule has 0 radical (unpaired) electrons. The van der Waals surface area contributed by atoms with E-state index in [2.05, 4.69) is 5.32 Å². The molecule has 106 valence electrons. The summed E-state index contributed by atoms with van der Waals surface area (Å²) in [5.41, 5.74) is 2.31. The number of hydrogen-bond donors (Lipinski definition) is 1. The van der Waals surface area contributed by atoms with Gasteiger partial charge in [-0.05, 0) is 37.1 Å². The summed E-state index contributed by atoms with van der Waals surface area (Å²) < 4.78 is 38.4. The van der Waals surface area contributed by atoms with Crippen molar-refractivity contribution >= 4 is 5.69 Å². The van der Waals surface area contributed by atoms with Gasteiger partial charge < -0.3 is 5.32 Å². The van der Waals surface area contributed by atoms with Crippen molar-refractivity contribution in [2.75, 3.05) is 5.32 Å². The highest BCUT2D eigenvalue weighted by Crippen LogP contribution is 2.33. The predicted octanol–water partition coefficient (Wildman–Crippen LogP) is 4.93. The van der Waals surface area contributed by atoms with Gasteiger partial charge in [0.1, 0.15) is 0 Å². The number of aryl methyl sites for hydroxylation is 2. The third kappa shape index (κ3) is 3.53. The number of alkyl halides is 3. The zero-order valence-electron chi connectivity index (χ0n) is 11.4. The average Bonchev–Trinajstić information content (AvgIpc) is 2.38. The molecule has 4 heteroatoms. The van der Waals surface area contributed by atoms with E-state index >= 15 is 0 Å². The molecular formula is C16H16F3N. The van der Waals surface area contributed by atoms with Crippen molar-refractivity contribution in [1.29, 1.82) is 0 Å². The van der Waals surface area contributed by atoms with Crippen LogP contribution >= 0.6 is 0 Å². The fourth-order valence-corrected chi connectivity index (χ4v) is 1.95. The Morgan fingerprint density at radius 3 is 2.20 bits per heavy atom. The molecule has 0 aromatic heterocycles. The van der Waals surface area contributed by atoms with Crippen LogP contribution in [0.3, 0.4) is 0 Å². The van der Waals surface area contributed by atoms with E-state index in [9.17, 15) is 13.2 Å². The minimum atomic E-state index is -4.31. The van der Waals surface area contributed by atoms with E-state index in [4.69, 9.17) is 0 Å². The summed E-state index contributed by atoms with van der Waals surface area (Å²) in [5, 5.41) is 3.02. The van der Waals surface area contributed by atoms with Gasteiger partial charge in [0.05, 0.1) is 5.56 Å². The number of rotatable bonds is 3. The van der Waals surface area contributed by atoms with E-state index in [1.807, 2.05) is 31.2 Å². The second kappa shape index (κ2) is 5.57. The van der Waals surface area contributed by atoms with Crippen LogP contribution in [-0.2, 0) is 12.7 Å². The van der Waals surface area contributed by atoms with E-state index in [0.29, 0.717) is 12.2 Å². The van der Waals surface area contributed by atoms with Crippen molar-refractivity contribution in [2.45, 2.75) is 26.6 Å². The van der Waals surface area contributed by atoms with Gasteiger partial charge in [0.25, 0.3) is 0 Å². The summed E-state index contributed by atoms with van der Waals surface area (Å²) >= 11 is 0. The first-order chi connectivity index (χ1) is 9.36. The Morgan fingerprint density at radius 1 is 0.950 bits per heavy atom. The summed E-state index contributed by atoms with van der Waals surface area (Å²) in [6, 6.07) is 12.2. The van der Waals surface area contributed by atoms with E-state index in [1.54, 1.807) is 6.07 Å². The lowest BCUT2D eigenvalue weighted by Crippen LogP contribution is -2.09. The molecule has 0 bridgehead atoms. The van der Waals surface area contributed by atoms with Crippen molar-refractivity contribution in [3.63, 3.8) is 0 Å². The van der Waals surface area contributed by atoms with Crippen LogP contribution in [0.2, 0.25) is 0 Å². The summed E-state index contributed by atoms with van der Waals surface area (Å²) in [6.07, 6.45) is -4.31. The van der Waals surface area contributed by atoms with Crippen molar-refractivity contribution in [3.05, 3.63) is 64.7 Å². The smallest absolute Gasteiger partial charge is 0.381 e. The minimum Gasteiger partial charge on any atom is -0.381 e. The number of anilines is 1. The quantitative estimate of drug-likeness (QED) is 0.839. The predicted molar refractivity (Wildman–Crippen MR) is 74.7 cm³/mol. The van der Waals surface area contributed by atoms with Crippen LogP contribution < -0.4 is 5.32 Å². The molecule has 0 fully saturated rings. The number of hydrogen-bond acceptors (Lipinski definition) is 1. The highest BCUT2D eigenvalue weighted by Gasteiger charge is 2.32. The third-order valence-electron chi connectivity index (χ3n) is 3.16. The third-order valence-corrected chi connectivity index (χ3v) is 3.16. The zero-order valence-corrected chi connectivity index (χ0v) is 11.4. The summed E-state index contributed by atoms with van der Waals surface area (Å²) in [5.74, 6) is 0. The number of nitrogens with one attached hydrogen (secondary N) is 1. The standard InChI is InChI=1S/C16H16F3N/c1-11-3-6-13(7-4-11)10-20-14-8-5-12(2)15(9-14)16(17,18)19/h3-9,20H,10H2,1-2H3. The van der Waals surface area contributed by atoms with E-state index in [-0.39, 0.29) is 5.56 Å². The molecule has 0 spiro atoms. The van der Waals surface area contributed by atoms with Gasteiger partial charge in [0.2, 0.25) is 0 Å². The number of halogens is 3. The fraction of sp³-hybridized carbons (Fsp3) is 0.250. The van der Waals surface area contributed by atoms with E-state index < -0.39 is 11.7 Å². The first-order valence-electron chi connectivity index (χ1n) is 6.33. The molecule has 0 amide bonds. The van der Waals surface area contributed by atoms with Gasteiger partial charge in [-0.2, -0.15) is 13.2 Å². The van der Waals surface area contributed by atoms with Crippen molar-refractivity contribution in [2.24, 2.45) is 0 Å². The molecule has 0 heterocycles. The monoisotopic (exact) mass is 279 g/mol. The van der Waals surface area contributed by atoms with Gasteiger partial charge in [0, 0.05) is 12.2 Å². The molecule has 0 atom stereocenters. The summed E-state index contributed by atoms with van der Waals surface area (Å²) in [4.78, 5) is 0. The Hall–Kier alpha value is -1.97. The molecule has 1 N–H and O–H groups in total. The molecule has 0 saturated heterocycles. The molecular weight excluding hydrogens is 263 g/mol. The van der Waals surface area contributed by atoms with Gasteiger partial charge in [-0.15, -0.1) is 0 Å². The van der Waals surface area contributed by atoms with Crippen LogP contribution in [0.15, 0.2) is 42.5 Å². The fourth-order valence-electron chi connectivity index (χ4n) is 1.95. The second-order valence-corrected chi connectivity index (χ2v) is 4.87. The Bertz CT molecular complexity index is 586. The topological polar surface area (TPSA) is 12.0 Å². The Balaban J connectivity index is 2.12. The Morgan fingerprint density at radius 2 is 1.60 bits per heavy atom. The first kappa shape index (κ1) is 14.4. The SMILES string of the molecule is Cc1ccc(CNc2ccc(C)c(C(F)(F)F)c2)cc1. The summed E-state index contributed by atoms with van der Waals surface area (Å²) in [7, 11) is 0. The van der Waals surface area contributed by atoms with Crippen LogP contribution in [0.4, 0.5) is 18.9 Å². The molecule has 0 saturated carbocycles. The molecule has 2 aromatic carbocycles. The Kier molecular flexibility index (Phi) is 4.02. The zero-order chi connectivity index (χ0) is 14.8. The maximum atomic E-state index is 12.8. The van der Waals surface area contributed by atoms with Gasteiger partial charge in [0.15, 0.2) is 0 Å². The molecule has 2 rings (SSSR count). The largest absolute Gasteiger partial charge is 0.416 e.